The molecule has 30 heavy (non-hydrogen) atoms. The van der Waals surface area contributed by atoms with Crippen LogP contribution in [0.3, 0.4) is 0 Å². The molecule has 0 saturated heterocycles. The molecule has 0 bridgehead atoms. The number of hydrogen-bond acceptors (Lipinski definition) is 3. The number of amides is 1. The number of carbonyl (C=O) groups excluding carboxylic acids is 2. The summed E-state index contributed by atoms with van der Waals surface area (Å²) in [6.07, 6.45) is -0.394. The Morgan fingerprint density at radius 1 is 1.03 bits per heavy atom. The largest absolute Gasteiger partial charge is 0.375 e. The number of fused-ring (bicyclic) bond motifs is 1. The van der Waals surface area contributed by atoms with E-state index in [0.717, 1.165) is 10.0 Å². The molecule has 1 N–H and O–H groups in total. The van der Waals surface area contributed by atoms with E-state index >= 15 is 0 Å². The van der Waals surface area contributed by atoms with Crippen molar-refractivity contribution in [3.8, 4) is 0 Å². The number of aliphatic hydroxyl groups is 1. The highest BCUT2D eigenvalue weighted by atomic mass is 79.9. The van der Waals surface area contributed by atoms with E-state index < -0.39 is 17.9 Å². The van der Waals surface area contributed by atoms with Crippen molar-refractivity contribution >= 4 is 56.5 Å². The molecule has 0 unspecified atom stereocenters. The van der Waals surface area contributed by atoms with Gasteiger partial charge in [0, 0.05) is 25.6 Å². The van der Waals surface area contributed by atoms with Crippen molar-refractivity contribution in [2.24, 2.45) is 0 Å². The molecule has 152 valence electrons. The van der Waals surface area contributed by atoms with Crippen LogP contribution in [0, 0.1) is 0 Å². The molecule has 1 heterocycles. The van der Waals surface area contributed by atoms with Gasteiger partial charge in [0.25, 0.3) is 5.91 Å². The number of anilines is 1. The number of Topliss-reactive ketones (excluding diaryl/α,β-unsaturated/α-hetero) is 1. The van der Waals surface area contributed by atoms with Crippen LogP contribution in [0.15, 0.2) is 71.2 Å². The summed E-state index contributed by atoms with van der Waals surface area (Å²) in [5, 5.41) is 12.3. The van der Waals surface area contributed by atoms with E-state index in [4.69, 9.17) is 23.2 Å². The topological polar surface area (TPSA) is 57.6 Å². The van der Waals surface area contributed by atoms with Gasteiger partial charge < -0.3 is 10.0 Å². The Labute approximate surface area is 192 Å². The Morgan fingerprint density at radius 3 is 2.53 bits per heavy atom. The Bertz CT molecular complexity index is 1170. The zero-order chi connectivity index (χ0) is 21.5. The fraction of sp³-hybridized carbons (Fsp3) is 0.130. The second kappa shape index (κ2) is 8.16. The zero-order valence-corrected chi connectivity index (χ0v) is 18.7. The molecule has 1 atom stereocenters. The van der Waals surface area contributed by atoms with E-state index in [2.05, 4.69) is 15.9 Å². The van der Waals surface area contributed by atoms with Crippen molar-refractivity contribution < 1.29 is 14.7 Å². The summed E-state index contributed by atoms with van der Waals surface area (Å²) in [7, 11) is 0. The molecular formula is C23H16BrCl2NO3. The number of ketones is 1. The van der Waals surface area contributed by atoms with Crippen LogP contribution >= 0.6 is 39.1 Å². The van der Waals surface area contributed by atoms with Gasteiger partial charge in [0.15, 0.2) is 11.4 Å². The lowest BCUT2D eigenvalue weighted by molar-refractivity contribution is -0.136. The molecule has 0 fully saturated rings. The van der Waals surface area contributed by atoms with Gasteiger partial charge in [0.05, 0.1) is 18.7 Å². The highest BCUT2D eigenvalue weighted by Gasteiger charge is 2.51. The molecule has 7 heteroatoms. The zero-order valence-electron chi connectivity index (χ0n) is 15.6. The number of benzene rings is 3. The van der Waals surface area contributed by atoms with Gasteiger partial charge >= 0.3 is 0 Å². The molecule has 0 aliphatic carbocycles. The van der Waals surface area contributed by atoms with Gasteiger partial charge in [-0.3, -0.25) is 9.59 Å². The van der Waals surface area contributed by atoms with Gasteiger partial charge in [-0.05, 0) is 42.0 Å². The molecule has 0 aromatic heterocycles. The van der Waals surface area contributed by atoms with Gasteiger partial charge in [-0.1, -0.05) is 69.5 Å². The maximum Gasteiger partial charge on any atom is 0.264 e. The lowest BCUT2D eigenvalue weighted by Crippen LogP contribution is -2.41. The fourth-order valence-corrected chi connectivity index (χ4v) is 4.41. The van der Waals surface area contributed by atoms with Crippen molar-refractivity contribution in [3.05, 3.63) is 97.9 Å². The normalized spacial score (nSPS) is 17.9. The highest BCUT2D eigenvalue weighted by Crippen LogP contribution is 2.45. The maximum atomic E-state index is 13.4. The summed E-state index contributed by atoms with van der Waals surface area (Å²) < 4.78 is 0.738. The quantitative estimate of drug-likeness (QED) is 0.449. The maximum absolute atomic E-state index is 13.4. The molecule has 4 rings (SSSR count). The average Bonchev–Trinajstić information content (AvgIpc) is 2.91. The average molecular weight is 505 g/mol. The first-order valence-corrected chi connectivity index (χ1v) is 10.7. The number of hydrogen-bond donors (Lipinski definition) is 1. The Balaban J connectivity index is 1.73. The third-order valence-corrected chi connectivity index (χ3v) is 6.24. The Morgan fingerprint density at radius 2 is 1.80 bits per heavy atom. The van der Waals surface area contributed by atoms with Crippen LogP contribution in [-0.2, 0) is 16.9 Å². The smallest absolute Gasteiger partial charge is 0.264 e. The summed E-state index contributed by atoms with van der Waals surface area (Å²) in [5.41, 5.74) is -0.0556. The summed E-state index contributed by atoms with van der Waals surface area (Å²) in [6, 6.07) is 18.9. The predicted molar refractivity (Wildman–Crippen MR) is 121 cm³/mol. The summed E-state index contributed by atoms with van der Waals surface area (Å²) >= 11 is 15.8. The minimum atomic E-state index is -2.01. The molecule has 3 aromatic rings. The molecule has 1 amide bonds. The summed E-state index contributed by atoms with van der Waals surface area (Å²) in [4.78, 5) is 27.7. The number of halogens is 3. The van der Waals surface area contributed by atoms with Crippen LogP contribution in [0.1, 0.15) is 27.9 Å². The first-order chi connectivity index (χ1) is 14.3. The minimum absolute atomic E-state index is 0.167. The lowest BCUT2D eigenvalue weighted by Gasteiger charge is -2.23. The third-order valence-electron chi connectivity index (χ3n) is 5.14. The Kier molecular flexibility index (Phi) is 5.73. The summed E-state index contributed by atoms with van der Waals surface area (Å²) in [6.45, 7) is 0.167. The van der Waals surface area contributed by atoms with Gasteiger partial charge in [0.2, 0.25) is 0 Å². The highest BCUT2D eigenvalue weighted by molar-refractivity contribution is 9.10. The third kappa shape index (κ3) is 3.79. The summed E-state index contributed by atoms with van der Waals surface area (Å²) in [5.74, 6) is -0.930. The van der Waals surface area contributed by atoms with Crippen LogP contribution in [0.4, 0.5) is 5.69 Å². The van der Waals surface area contributed by atoms with Crippen LogP contribution < -0.4 is 4.90 Å². The molecule has 0 radical (unpaired) electrons. The van der Waals surface area contributed by atoms with E-state index in [1.165, 1.54) is 11.0 Å². The standard InChI is InChI=1S/C23H16BrCl2NO3/c24-16-6-3-5-14(10-16)21(28)12-23(30)18-11-17(25)8-9-20(18)27(22(23)29)13-15-4-1-2-7-19(15)26/h1-11,30H,12-13H2/t23-/m1/s1. The van der Waals surface area contributed by atoms with Crippen molar-refractivity contribution in [3.63, 3.8) is 0 Å². The number of nitrogens with zero attached hydrogens (tertiary/aromatic N) is 1. The minimum Gasteiger partial charge on any atom is -0.375 e. The van der Waals surface area contributed by atoms with E-state index in [1.54, 1.807) is 48.5 Å². The first-order valence-electron chi connectivity index (χ1n) is 9.16. The van der Waals surface area contributed by atoms with Crippen molar-refractivity contribution in [2.75, 3.05) is 4.90 Å². The van der Waals surface area contributed by atoms with Crippen LogP contribution in [0.25, 0.3) is 0 Å². The molecule has 1 aliphatic heterocycles. The van der Waals surface area contributed by atoms with Crippen LogP contribution in [0.5, 0.6) is 0 Å². The molecule has 1 aliphatic rings. The van der Waals surface area contributed by atoms with E-state index in [-0.39, 0.29) is 12.3 Å². The predicted octanol–water partition coefficient (Wildman–Crippen LogP) is 5.76. The molecular weight excluding hydrogens is 489 g/mol. The fourth-order valence-electron chi connectivity index (χ4n) is 3.64. The van der Waals surface area contributed by atoms with Crippen molar-refractivity contribution in [1.29, 1.82) is 0 Å². The van der Waals surface area contributed by atoms with E-state index in [1.807, 2.05) is 12.1 Å². The second-order valence-corrected chi connectivity index (χ2v) is 8.87. The van der Waals surface area contributed by atoms with E-state index in [9.17, 15) is 14.7 Å². The van der Waals surface area contributed by atoms with Crippen molar-refractivity contribution in [1.82, 2.24) is 0 Å². The van der Waals surface area contributed by atoms with Gasteiger partial charge in [-0.15, -0.1) is 0 Å². The van der Waals surface area contributed by atoms with Crippen LogP contribution in [-0.4, -0.2) is 16.8 Å². The molecule has 0 saturated carbocycles. The van der Waals surface area contributed by atoms with Crippen molar-refractivity contribution in [2.45, 2.75) is 18.6 Å². The van der Waals surface area contributed by atoms with Gasteiger partial charge in [-0.2, -0.15) is 0 Å². The first kappa shape index (κ1) is 21.1. The van der Waals surface area contributed by atoms with Gasteiger partial charge in [0.1, 0.15) is 0 Å². The van der Waals surface area contributed by atoms with Gasteiger partial charge in [-0.25, -0.2) is 0 Å². The lowest BCUT2D eigenvalue weighted by atomic mass is 9.88. The molecule has 3 aromatic carbocycles. The number of rotatable bonds is 5. The number of carbonyl (C=O) groups is 2. The molecule has 4 nitrogen and oxygen atoms in total. The SMILES string of the molecule is O=C(C[C@]1(O)C(=O)N(Cc2ccccc2Cl)c2ccc(Cl)cc21)c1cccc(Br)c1. The second-order valence-electron chi connectivity index (χ2n) is 7.11. The molecule has 0 spiro atoms. The Hall–Kier alpha value is -2.18. The van der Waals surface area contributed by atoms with Crippen LogP contribution in [0.2, 0.25) is 10.0 Å². The van der Waals surface area contributed by atoms with E-state index in [0.29, 0.717) is 26.9 Å². The monoisotopic (exact) mass is 503 g/mol.